The number of rotatable bonds is 5. The second-order valence-electron chi connectivity index (χ2n) is 7.06. The first kappa shape index (κ1) is 18.6. The third-order valence-corrected chi connectivity index (χ3v) is 5.21. The maximum Gasteiger partial charge on any atom is 0.247 e. The third-order valence-electron chi connectivity index (χ3n) is 5.21. The van der Waals surface area contributed by atoms with Crippen molar-refractivity contribution in [1.82, 2.24) is 19.9 Å². The van der Waals surface area contributed by atoms with Crippen molar-refractivity contribution in [2.24, 2.45) is 0 Å². The molecule has 31 heavy (non-hydrogen) atoms. The first-order chi connectivity index (χ1) is 15.2. The Morgan fingerprint density at radius 3 is 2.74 bits per heavy atom. The fraction of sp³-hybridized carbons (Fsp3) is 0.0417. The number of hydrogen-bond donors (Lipinski definition) is 3. The molecule has 0 aliphatic heterocycles. The largest absolute Gasteiger partial charge is 0.497 e. The summed E-state index contributed by atoms with van der Waals surface area (Å²) in [6, 6.07) is 11.7. The Kier molecular flexibility index (Phi) is 4.48. The summed E-state index contributed by atoms with van der Waals surface area (Å²) in [5.74, 6) is 0.350. The molecule has 3 N–H and O–H groups in total. The van der Waals surface area contributed by atoms with Gasteiger partial charge in [-0.15, -0.1) is 0 Å². The monoisotopic (exact) mass is 409 g/mol. The number of aromatic amines is 2. The number of nitrogens with one attached hydrogen (secondary N) is 3. The molecule has 0 atom stereocenters. The molecule has 5 aromatic rings. The highest BCUT2D eigenvalue weighted by Gasteiger charge is 2.13. The molecule has 152 valence electrons. The van der Waals surface area contributed by atoms with E-state index in [4.69, 9.17) is 4.74 Å². The van der Waals surface area contributed by atoms with E-state index in [2.05, 4.69) is 37.9 Å². The normalized spacial score (nSPS) is 11.0. The molecule has 0 aliphatic carbocycles. The topological polar surface area (TPSA) is 95.7 Å². The molecule has 0 aliphatic rings. The zero-order valence-corrected chi connectivity index (χ0v) is 16.8. The van der Waals surface area contributed by atoms with E-state index in [1.54, 1.807) is 25.6 Å². The number of pyridine rings is 2. The van der Waals surface area contributed by atoms with Crippen molar-refractivity contribution in [3.05, 3.63) is 73.8 Å². The van der Waals surface area contributed by atoms with E-state index < -0.39 is 0 Å². The number of anilines is 1. The van der Waals surface area contributed by atoms with Gasteiger partial charge in [0.15, 0.2) is 0 Å². The van der Waals surface area contributed by atoms with E-state index in [0.717, 1.165) is 44.3 Å². The van der Waals surface area contributed by atoms with Gasteiger partial charge >= 0.3 is 0 Å². The van der Waals surface area contributed by atoms with Gasteiger partial charge in [-0.05, 0) is 47.5 Å². The predicted molar refractivity (Wildman–Crippen MR) is 122 cm³/mol. The zero-order chi connectivity index (χ0) is 21.4. The molecule has 0 spiro atoms. The highest BCUT2D eigenvalue weighted by Crippen LogP contribution is 2.35. The lowest BCUT2D eigenvalue weighted by atomic mass is 10.0. The predicted octanol–water partition coefficient (Wildman–Crippen LogP) is 4.91. The molecule has 0 unspecified atom stereocenters. The molecule has 5 rings (SSSR count). The number of nitrogens with zero attached hydrogens (tertiary/aromatic N) is 2. The molecule has 0 saturated heterocycles. The summed E-state index contributed by atoms with van der Waals surface area (Å²) < 4.78 is 5.42. The Balaban J connectivity index is 1.65. The Bertz CT molecular complexity index is 1450. The van der Waals surface area contributed by atoms with Crippen molar-refractivity contribution < 1.29 is 9.53 Å². The minimum Gasteiger partial charge on any atom is -0.497 e. The van der Waals surface area contributed by atoms with Gasteiger partial charge < -0.3 is 20.0 Å². The van der Waals surface area contributed by atoms with Crippen molar-refractivity contribution in [2.45, 2.75) is 0 Å². The summed E-state index contributed by atoms with van der Waals surface area (Å²) in [5, 5.41) is 4.83. The molecule has 4 heterocycles. The minimum atomic E-state index is -0.283. The van der Waals surface area contributed by atoms with Crippen LogP contribution in [0.3, 0.4) is 0 Å². The highest BCUT2D eigenvalue weighted by atomic mass is 16.5. The number of carbonyl (C=O) groups excluding carboxylic acids is 1. The van der Waals surface area contributed by atoms with Gasteiger partial charge in [0.25, 0.3) is 0 Å². The van der Waals surface area contributed by atoms with Crippen molar-refractivity contribution in [2.75, 3.05) is 12.4 Å². The van der Waals surface area contributed by atoms with Crippen LogP contribution in [0.5, 0.6) is 5.75 Å². The number of hydrogen-bond acceptors (Lipinski definition) is 4. The van der Waals surface area contributed by atoms with E-state index in [1.807, 2.05) is 36.7 Å². The molecule has 0 radical (unpaired) electrons. The number of fused-ring (bicyclic) bond motifs is 2. The Labute approximate surface area is 177 Å². The molecule has 0 saturated carbocycles. The molecule has 7 heteroatoms. The van der Waals surface area contributed by atoms with Gasteiger partial charge in [-0.2, -0.15) is 0 Å². The van der Waals surface area contributed by atoms with Crippen LogP contribution in [-0.4, -0.2) is 33.0 Å². The number of H-pyrrole nitrogens is 2. The second-order valence-corrected chi connectivity index (χ2v) is 7.06. The van der Waals surface area contributed by atoms with Crippen LogP contribution in [-0.2, 0) is 4.79 Å². The van der Waals surface area contributed by atoms with Crippen molar-refractivity contribution in [3.63, 3.8) is 0 Å². The lowest BCUT2D eigenvalue weighted by molar-refractivity contribution is -0.111. The van der Waals surface area contributed by atoms with Crippen molar-refractivity contribution in [3.8, 4) is 28.0 Å². The number of ether oxygens (including phenoxy) is 1. The lowest BCUT2D eigenvalue weighted by Crippen LogP contribution is -2.07. The number of amides is 1. The number of aromatic nitrogens is 4. The number of carbonyl (C=O) groups is 1. The van der Waals surface area contributed by atoms with Gasteiger partial charge in [-0.25, -0.2) is 9.97 Å². The first-order valence-electron chi connectivity index (χ1n) is 9.69. The third kappa shape index (κ3) is 3.32. The maximum absolute atomic E-state index is 11.8. The summed E-state index contributed by atoms with van der Waals surface area (Å²) in [4.78, 5) is 27.2. The second kappa shape index (κ2) is 7.46. The summed E-state index contributed by atoms with van der Waals surface area (Å²) in [7, 11) is 1.59. The molecular weight excluding hydrogens is 390 g/mol. The van der Waals surface area contributed by atoms with Crippen LogP contribution < -0.4 is 10.1 Å². The fourth-order valence-corrected chi connectivity index (χ4v) is 3.73. The van der Waals surface area contributed by atoms with E-state index in [-0.39, 0.29) is 5.91 Å². The van der Waals surface area contributed by atoms with Crippen LogP contribution in [0.2, 0.25) is 0 Å². The summed E-state index contributed by atoms with van der Waals surface area (Å²) in [6.45, 7) is 3.50. The highest BCUT2D eigenvalue weighted by molar-refractivity contribution is 6.04. The fourth-order valence-electron chi connectivity index (χ4n) is 3.73. The van der Waals surface area contributed by atoms with Crippen molar-refractivity contribution in [1.29, 1.82) is 0 Å². The van der Waals surface area contributed by atoms with Gasteiger partial charge in [0.1, 0.15) is 17.0 Å². The quantitative estimate of drug-likeness (QED) is 0.360. The van der Waals surface area contributed by atoms with Crippen LogP contribution in [0.1, 0.15) is 0 Å². The Hall–Kier alpha value is -4.39. The Morgan fingerprint density at radius 2 is 1.90 bits per heavy atom. The average molecular weight is 409 g/mol. The van der Waals surface area contributed by atoms with E-state index in [1.165, 1.54) is 6.08 Å². The summed E-state index contributed by atoms with van der Waals surface area (Å²) in [6.07, 6.45) is 8.67. The van der Waals surface area contributed by atoms with Crippen molar-refractivity contribution >= 4 is 33.7 Å². The summed E-state index contributed by atoms with van der Waals surface area (Å²) in [5.41, 5.74) is 6.15. The van der Waals surface area contributed by atoms with Gasteiger partial charge in [-0.3, -0.25) is 4.79 Å². The van der Waals surface area contributed by atoms with Crippen LogP contribution in [0, 0.1) is 0 Å². The minimum absolute atomic E-state index is 0.283. The SMILES string of the molecule is C=CC(=O)Nc1cc(OC)cc(-c2cnc3[nH]cc(-c4ccnc5[nH]ccc45)c3c2)c1. The smallest absolute Gasteiger partial charge is 0.247 e. The van der Waals surface area contributed by atoms with Gasteiger partial charge in [0, 0.05) is 58.4 Å². The molecule has 7 nitrogen and oxygen atoms in total. The standard InChI is InChI=1S/C24H19N5O2/c1-3-22(30)29-16-8-14(9-17(11-16)31-2)15-10-20-21(13-28-24(20)27-12-15)18-4-6-25-23-19(18)5-7-26-23/h3-13H,1H2,2H3,(H,25,26)(H,27,28)(H,29,30). The van der Waals surface area contributed by atoms with Crippen LogP contribution in [0.4, 0.5) is 5.69 Å². The lowest BCUT2D eigenvalue weighted by Gasteiger charge is -2.10. The Morgan fingerprint density at radius 1 is 1.03 bits per heavy atom. The number of methoxy groups -OCH3 is 1. The van der Waals surface area contributed by atoms with Gasteiger partial charge in [-0.1, -0.05) is 6.58 Å². The van der Waals surface area contributed by atoms with Crippen LogP contribution >= 0.6 is 0 Å². The molecule has 0 fully saturated rings. The molecular formula is C24H19N5O2. The van der Waals surface area contributed by atoms with Crippen LogP contribution in [0.15, 0.2) is 73.8 Å². The first-order valence-corrected chi connectivity index (χ1v) is 9.69. The van der Waals surface area contributed by atoms with Gasteiger partial charge in [0.05, 0.1) is 7.11 Å². The van der Waals surface area contributed by atoms with E-state index in [9.17, 15) is 4.79 Å². The molecule has 0 bridgehead atoms. The maximum atomic E-state index is 11.8. The zero-order valence-electron chi connectivity index (χ0n) is 16.8. The summed E-state index contributed by atoms with van der Waals surface area (Å²) >= 11 is 0. The van der Waals surface area contributed by atoms with Gasteiger partial charge in [0.2, 0.25) is 5.91 Å². The van der Waals surface area contributed by atoms with E-state index >= 15 is 0 Å². The molecule has 4 aromatic heterocycles. The van der Waals surface area contributed by atoms with Crippen LogP contribution in [0.25, 0.3) is 44.3 Å². The molecule has 1 aromatic carbocycles. The van der Waals surface area contributed by atoms with E-state index in [0.29, 0.717) is 11.4 Å². The number of benzene rings is 1. The average Bonchev–Trinajstić information content (AvgIpc) is 3.45. The molecule has 1 amide bonds.